The van der Waals surface area contributed by atoms with Gasteiger partial charge in [-0.05, 0) is 191 Å². The van der Waals surface area contributed by atoms with E-state index in [2.05, 4.69) is 210 Å². The van der Waals surface area contributed by atoms with Gasteiger partial charge in [-0.2, -0.15) is 6.42 Å². The summed E-state index contributed by atoms with van der Waals surface area (Å²) < 4.78 is 10.0. The smallest absolute Gasteiger partial charge is 0.399 e. The molecule has 0 aliphatic carbocycles. The third-order valence-corrected chi connectivity index (χ3v) is 23.3. The van der Waals surface area contributed by atoms with E-state index >= 15 is 0 Å². The van der Waals surface area contributed by atoms with E-state index < -0.39 is 0 Å². The average molecular weight is 1940 g/mol. The molecule has 0 fully saturated rings. The number of ketones is 2. The number of H-pyrrole nitrogens is 3. The number of carbonyl (C=O) groups is 4. The van der Waals surface area contributed by atoms with Crippen LogP contribution < -0.4 is 46.7 Å². The van der Waals surface area contributed by atoms with Crippen LogP contribution in [-0.4, -0.2) is 58.9 Å². The Kier molecular flexibility index (Phi) is 54.8. The van der Waals surface area contributed by atoms with Crippen LogP contribution in [0.1, 0.15) is 301 Å². The number of nitrogens with zero attached hydrogens (tertiary/aromatic N) is 2. The number of nitrogens with two attached hydrogens (primary N) is 3. The van der Waals surface area contributed by atoms with Crippen molar-refractivity contribution in [1.82, 2.24) is 15.0 Å². The first-order valence-corrected chi connectivity index (χ1v) is 47.0. The van der Waals surface area contributed by atoms with Crippen molar-refractivity contribution in [2.24, 2.45) is 32.5 Å². The Morgan fingerprint density at radius 1 is 0.388 bits per heavy atom. The third kappa shape index (κ3) is 47.4. The fourth-order valence-corrected chi connectivity index (χ4v) is 12.1. The molecule has 5 heterocycles. The predicted molar refractivity (Wildman–Crippen MR) is 603 cm³/mol. The number of anilines is 5. The largest absolute Gasteiger partial charge is 1.00 e. The molecule has 2 unspecified atom stereocenters. The monoisotopic (exact) mass is 1940 g/mol. The molecule has 18 nitrogen and oxygen atoms in total. The molecule has 139 heavy (non-hydrogen) atoms. The maximum absolute atomic E-state index is 11.8. The van der Waals surface area contributed by atoms with Gasteiger partial charge in [0.25, 0.3) is 11.4 Å². The van der Waals surface area contributed by atoms with E-state index in [9.17, 15) is 39.4 Å². The number of non-ortho nitro benzene ring substituents is 2. The number of hydrogen-bond acceptors (Lipinski definition) is 13. The Hall–Kier alpha value is -10.7. The number of hydrogen-bond donors (Lipinski definition) is 8. The number of aromatic amines is 3. The number of aryl methyl sites for hydroxylation is 4. The Labute approximate surface area is 863 Å². The second-order valence-electron chi connectivity index (χ2n) is 43.7. The Bertz CT molecular complexity index is 5540. The number of rotatable bonds is 7. The molecule has 762 valence electrons. The van der Waals surface area contributed by atoms with E-state index in [-0.39, 0.29) is 124 Å². The summed E-state index contributed by atoms with van der Waals surface area (Å²) in [6.45, 7) is 69.2. The summed E-state index contributed by atoms with van der Waals surface area (Å²) in [7, 11) is 0. The molecule has 0 spiro atoms. The van der Waals surface area contributed by atoms with Gasteiger partial charge in [0, 0.05) is 152 Å². The minimum atomic E-state index is -0.378. The molecule has 0 amide bonds. The van der Waals surface area contributed by atoms with E-state index in [0.717, 1.165) is 80.0 Å². The number of Topliss-reactive ketones (excluding diaryl/α,β-unsaturated/α-hetero) is 2. The second-order valence-corrected chi connectivity index (χ2v) is 44.4. The number of aromatic nitrogens is 3. The molecule has 14 rings (SSSR count). The van der Waals surface area contributed by atoms with Gasteiger partial charge in [0.1, 0.15) is 11.6 Å². The summed E-state index contributed by atoms with van der Waals surface area (Å²) in [5.74, 6) is 0.596. The van der Waals surface area contributed by atoms with Crippen LogP contribution in [0, 0.1) is 87.3 Å². The molecule has 2 aliphatic rings. The summed E-state index contributed by atoms with van der Waals surface area (Å²) in [5, 5.41) is 31.2. The van der Waals surface area contributed by atoms with Crippen LogP contribution in [0.15, 0.2) is 218 Å². The molecule has 21 heteroatoms. The van der Waals surface area contributed by atoms with Crippen LogP contribution in [-0.2, 0) is 61.1 Å². The van der Waals surface area contributed by atoms with E-state index in [1.807, 2.05) is 191 Å². The molecule has 2 aliphatic heterocycles. The molecular formula is C118H177Cl2LiN10O8. The number of nitrogens with one attached hydrogen (secondary N) is 5. The molecule has 0 bridgehead atoms. The Morgan fingerprint density at radius 2 is 0.683 bits per heavy atom. The van der Waals surface area contributed by atoms with Gasteiger partial charge in [-0.1, -0.05) is 363 Å². The number of carbonyl (C=O) groups excluding carboxylic acids is 4. The second kappa shape index (κ2) is 58.5. The van der Waals surface area contributed by atoms with Gasteiger partial charge in [-0.3, -0.25) is 39.4 Å². The van der Waals surface area contributed by atoms with E-state index in [1.165, 1.54) is 74.5 Å². The SMILES string of the molecule is C.C.C.C.CC(C)(C)C(=O)Cl.CC(C)(C)C(=O)Cl.CC(C)(C)C1Cc2ccc([N+](=O)[O-])cc2N1.CC(C)(C)C1Cc2ccccc2N1.CC(C)(C)c1cc2ccc(N)cc2[nH]1.CC(C)(C)c1cc2ccc([N+](=O)[O-])cc2[nH]1.CC(C)(C)c1cc2ccccc2[nH]1.Cc1ccccc1CC(=O)C(C)(C)C.Cc1ccccc1CC(=O)C(C)(C)C.Cc1ccccc1N.Cc1ccccc1N.[2H][2H].[CH2-]CCC.[Li+]. The Morgan fingerprint density at radius 3 is 1.00 bits per heavy atom. The first-order chi connectivity index (χ1) is 62.6. The van der Waals surface area contributed by atoms with Crippen molar-refractivity contribution in [2.45, 2.75) is 318 Å². The number of benzene rings is 9. The molecule has 11 N–H and O–H groups in total. The van der Waals surface area contributed by atoms with Crippen molar-refractivity contribution in [3.8, 4) is 0 Å². The summed E-state index contributed by atoms with van der Waals surface area (Å²) in [5.41, 5.74) is 37.9. The van der Waals surface area contributed by atoms with Gasteiger partial charge in [0.05, 0.1) is 15.4 Å². The van der Waals surface area contributed by atoms with Crippen molar-refractivity contribution in [3.63, 3.8) is 0 Å². The van der Waals surface area contributed by atoms with Gasteiger partial charge in [0.15, 0.2) is 0 Å². The van der Waals surface area contributed by atoms with Crippen molar-refractivity contribution >= 4 is 118 Å². The number of nitrogen functional groups attached to an aromatic ring is 3. The van der Waals surface area contributed by atoms with Crippen molar-refractivity contribution in [1.29, 1.82) is 0 Å². The maximum atomic E-state index is 11.8. The summed E-state index contributed by atoms with van der Waals surface area (Å²) in [6, 6.07) is 72.0. The number of nitro benzene ring substituents is 2. The molecule has 2 atom stereocenters. The molecule has 3 aromatic heterocycles. The molecule has 0 saturated carbocycles. The Balaban J connectivity index is -0.000000732. The summed E-state index contributed by atoms with van der Waals surface area (Å²) in [6.07, 6.45) is 5.49. The maximum Gasteiger partial charge on any atom is 1.00 e. The standard InChI is InChI=1S/2C13H18O.C12H16N2O2.C12H14N2O2.C12H16N2.C12H17N.C12H15N.2C7H9N.2C5H9ClO.C4H9.4CH4.Li.H2/c2*1-10-7-5-6-8-11(10)9-12(14)13(2,3)4;2*1-12(2,3)11-6-8-4-5-9(14(15)16)7-10(8)13-11;1-12(2,3)11-6-8-4-5-9(13)7-10(8)14-11;2*1-12(2,3)11-8-9-6-4-5-7-10(9)13-11;2*1-6-4-2-3-5-7(6)8;2*1-5(2,3)4(6)7;1-3-4-2;;;;;;/h2*5-8H,9H2,1-4H3;4-5,7,11,13H,6H2,1-3H3;4-7,13H,1-3H3;4-7,14H,13H2,1-3H3;4-7,11,13H,8H2,1-3H3;4-8,13H,1-3H3;2*2-5H,8H2,1H3;2*1-3H3;1,3-4H2,2H3;4*1H4;;1H/q;;;;;;;;;;;-1;;;;;+1;/i;;;;;;;;;;;;;;;;;1+1D. The zero-order valence-corrected chi connectivity index (χ0v) is 89.0. The van der Waals surface area contributed by atoms with Crippen LogP contribution in [0.4, 0.5) is 39.8 Å². The van der Waals surface area contributed by atoms with Crippen molar-refractivity contribution in [2.75, 3.05) is 27.8 Å². The summed E-state index contributed by atoms with van der Waals surface area (Å²) >= 11 is 10.2. The van der Waals surface area contributed by atoms with Gasteiger partial charge in [0.2, 0.25) is 10.5 Å². The molecule has 0 saturated heterocycles. The van der Waals surface area contributed by atoms with Gasteiger partial charge < -0.3 is 49.7 Å². The first-order valence-electron chi connectivity index (χ1n) is 47.2. The molecule has 9 aromatic carbocycles. The molecule has 12 aromatic rings. The summed E-state index contributed by atoms with van der Waals surface area (Å²) in [4.78, 5) is 74.7. The van der Waals surface area contributed by atoms with Crippen LogP contribution in [0.25, 0.3) is 32.7 Å². The van der Waals surface area contributed by atoms with Crippen LogP contribution in [0.5, 0.6) is 0 Å². The fraction of sp³-hybridized carbons (Fsp3) is 0.449. The van der Waals surface area contributed by atoms with Crippen LogP contribution in [0.3, 0.4) is 0 Å². The fourth-order valence-electron chi connectivity index (χ4n) is 12.1. The van der Waals surface area contributed by atoms with E-state index in [1.54, 1.807) is 65.8 Å². The van der Waals surface area contributed by atoms with Gasteiger partial charge in [-0.25, -0.2) is 0 Å². The topological polar surface area (TPSA) is 304 Å². The number of fused-ring (bicyclic) bond motifs is 5. The predicted octanol–water partition coefficient (Wildman–Crippen LogP) is 30.4. The third-order valence-electron chi connectivity index (χ3n) is 22.1. The van der Waals surface area contributed by atoms with Crippen molar-refractivity contribution < 1.29 is 50.9 Å². The molecular weight excluding hydrogens is 1760 g/mol. The quantitative estimate of drug-likeness (QED) is 0.0184. The normalized spacial score (nSPS) is 12.7. The number of unbranched alkanes of at least 4 members (excludes halogenated alkanes) is 1. The van der Waals surface area contributed by atoms with Crippen molar-refractivity contribution in [3.05, 3.63) is 307 Å². The zero-order valence-electron chi connectivity index (χ0n) is 89.5. The van der Waals surface area contributed by atoms with Gasteiger partial charge in [-0.15, -0.1) is 0 Å². The van der Waals surface area contributed by atoms with E-state index in [0.29, 0.717) is 41.9 Å². The number of para-hydroxylation sites is 4. The number of nitro groups is 2. The number of halogens is 2. The first kappa shape index (κ1) is 130. The average Bonchev–Trinajstić information content (AvgIpc) is 1.71. The minimum Gasteiger partial charge on any atom is -0.399 e. The molecule has 0 radical (unpaired) electrons. The van der Waals surface area contributed by atoms with Gasteiger partial charge >= 0.3 is 18.9 Å². The van der Waals surface area contributed by atoms with Crippen LogP contribution >= 0.6 is 23.2 Å². The van der Waals surface area contributed by atoms with E-state index in [4.69, 9.17) is 43.4 Å². The van der Waals surface area contributed by atoms with Crippen LogP contribution in [0.2, 0.25) is 0 Å². The minimum absolute atomic E-state index is 0. The zero-order chi connectivity index (χ0) is 104.